The van der Waals surface area contributed by atoms with Crippen LogP contribution in [0.25, 0.3) is 5.69 Å². The Bertz CT molecular complexity index is 712. The highest BCUT2D eigenvalue weighted by molar-refractivity contribution is 5.90. The zero-order valence-electron chi connectivity index (χ0n) is 9.57. The van der Waals surface area contributed by atoms with Crippen molar-refractivity contribution in [3.8, 4) is 11.8 Å². The van der Waals surface area contributed by atoms with Crippen molar-refractivity contribution in [3.05, 3.63) is 47.3 Å². The van der Waals surface area contributed by atoms with E-state index in [2.05, 4.69) is 5.10 Å². The molecule has 0 radical (unpaired) electrons. The molecule has 0 fully saturated rings. The Balaban J connectivity index is 2.53. The van der Waals surface area contributed by atoms with Gasteiger partial charge in [-0.05, 0) is 24.3 Å². The van der Waals surface area contributed by atoms with Crippen LogP contribution in [0.3, 0.4) is 0 Å². The summed E-state index contributed by atoms with van der Waals surface area (Å²) in [6, 6.07) is 7.33. The van der Waals surface area contributed by atoms with Gasteiger partial charge < -0.3 is 10.8 Å². The van der Waals surface area contributed by atoms with Gasteiger partial charge in [0.05, 0.1) is 16.8 Å². The molecular formula is C12H8N4O3. The summed E-state index contributed by atoms with van der Waals surface area (Å²) in [7, 11) is 0. The zero-order valence-corrected chi connectivity index (χ0v) is 9.57. The number of amides is 1. The fourth-order valence-corrected chi connectivity index (χ4v) is 1.55. The van der Waals surface area contributed by atoms with Gasteiger partial charge in [-0.25, -0.2) is 9.48 Å². The zero-order chi connectivity index (χ0) is 14.0. The van der Waals surface area contributed by atoms with Crippen molar-refractivity contribution in [2.24, 2.45) is 5.73 Å². The first-order valence-corrected chi connectivity index (χ1v) is 5.16. The summed E-state index contributed by atoms with van der Waals surface area (Å²) in [6.07, 6.45) is 1.47. The lowest BCUT2D eigenvalue weighted by atomic mass is 10.1. The second-order valence-corrected chi connectivity index (χ2v) is 3.66. The van der Waals surface area contributed by atoms with Crippen molar-refractivity contribution in [1.82, 2.24) is 9.78 Å². The first kappa shape index (κ1) is 12.3. The van der Waals surface area contributed by atoms with E-state index in [1.807, 2.05) is 6.07 Å². The van der Waals surface area contributed by atoms with Crippen LogP contribution in [0, 0.1) is 11.3 Å². The second kappa shape index (κ2) is 4.62. The number of carboxylic acid groups (broad SMARTS) is 1. The SMILES string of the molecule is N#Cc1cc(C(=O)O)ccc1-n1ccc(C(N)=O)n1. The van der Waals surface area contributed by atoms with E-state index in [4.69, 9.17) is 16.1 Å². The fourth-order valence-electron chi connectivity index (χ4n) is 1.55. The normalized spacial score (nSPS) is 9.84. The van der Waals surface area contributed by atoms with Crippen LogP contribution in [-0.2, 0) is 0 Å². The Morgan fingerprint density at radius 1 is 1.37 bits per heavy atom. The molecule has 3 N–H and O–H groups in total. The molecule has 2 aromatic rings. The fraction of sp³-hybridized carbons (Fsp3) is 0. The molecular weight excluding hydrogens is 248 g/mol. The van der Waals surface area contributed by atoms with E-state index in [9.17, 15) is 9.59 Å². The van der Waals surface area contributed by atoms with Crippen LogP contribution in [0.1, 0.15) is 26.4 Å². The minimum absolute atomic E-state index is 0.00239. The molecule has 1 heterocycles. The molecule has 1 aromatic heterocycles. The summed E-state index contributed by atoms with van der Waals surface area (Å²) in [6.45, 7) is 0. The molecule has 0 aliphatic rings. The predicted octanol–water partition coefficient (Wildman–Crippen LogP) is 0.541. The number of aromatic nitrogens is 2. The second-order valence-electron chi connectivity index (χ2n) is 3.66. The molecule has 2 rings (SSSR count). The van der Waals surface area contributed by atoms with Gasteiger partial charge in [0.2, 0.25) is 0 Å². The van der Waals surface area contributed by atoms with E-state index in [1.165, 1.54) is 35.1 Å². The topological polar surface area (TPSA) is 122 Å². The summed E-state index contributed by atoms with van der Waals surface area (Å²) >= 11 is 0. The molecule has 1 amide bonds. The van der Waals surface area contributed by atoms with Gasteiger partial charge in [-0.1, -0.05) is 0 Å². The number of hydrogen-bond donors (Lipinski definition) is 2. The molecule has 0 saturated carbocycles. The molecule has 7 nitrogen and oxygen atoms in total. The monoisotopic (exact) mass is 256 g/mol. The average Bonchev–Trinajstić information content (AvgIpc) is 2.87. The highest BCUT2D eigenvalue weighted by Crippen LogP contribution is 2.16. The smallest absolute Gasteiger partial charge is 0.335 e. The van der Waals surface area contributed by atoms with E-state index < -0.39 is 11.9 Å². The molecule has 1 aromatic carbocycles. The highest BCUT2D eigenvalue weighted by Gasteiger charge is 2.12. The summed E-state index contributed by atoms with van der Waals surface area (Å²) in [5, 5.41) is 21.8. The van der Waals surface area contributed by atoms with E-state index in [1.54, 1.807) is 0 Å². The number of nitrogens with zero attached hydrogens (tertiary/aromatic N) is 3. The minimum Gasteiger partial charge on any atom is -0.478 e. The summed E-state index contributed by atoms with van der Waals surface area (Å²) < 4.78 is 1.30. The third-order valence-corrected chi connectivity index (χ3v) is 2.45. The van der Waals surface area contributed by atoms with Crippen LogP contribution in [-0.4, -0.2) is 26.8 Å². The van der Waals surface area contributed by atoms with E-state index in [-0.39, 0.29) is 16.8 Å². The molecule has 7 heteroatoms. The van der Waals surface area contributed by atoms with Crippen molar-refractivity contribution in [2.45, 2.75) is 0 Å². The van der Waals surface area contributed by atoms with Crippen LogP contribution < -0.4 is 5.73 Å². The van der Waals surface area contributed by atoms with E-state index in [0.717, 1.165) is 0 Å². The van der Waals surface area contributed by atoms with Crippen LogP contribution >= 0.6 is 0 Å². The lowest BCUT2D eigenvalue weighted by Gasteiger charge is -2.04. The van der Waals surface area contributed by atoms with Gasteiger partial charge in [-0.15, -0.1) is 0 Å². The molecule has 0 aliphatic carbocycles. The Hall–Kier alpha value is -3.14. The number of primary amides is 1. The highest BCUT2D eigenvalue weighted by atomic mass is 16.4. The Kier molecular flexibility index (Phi) is 3.00. The van der Waals surface area contributed by atoms with Gasteiger partial charge in [0, 0.05) is 6.20 Å². The molecule has 0 atom stereocenters. The molecule has 0 unspecified atom stereocenters. The number of hydrogen-bond acceptors (Lipinski definition) is 4. The number of rotatable bonds is 3. The van der Waals surface area contributed by atoms with Gasteiger partial charge >= 0.3 is 5.97 Å². The van der Waals surface area contributed by atoms with Gasteiger partial charge in [-0.3, -0.25) is 4.79 Å². The van der Waals surface area contributed by atoms with Crippen LogP contribution in [0.15, 0.2) is 30.5 Å². The van der Waals surface area contributed by atoms with Crippen LogP contribution in [0.4, 0.5) is 0 Å². The van der Waals surface area contributed by atoms with Crippen LogP contribution in [0.5, 0.6) is 0 Å². The van der Waals surface area contributed by atoms with E-state index >= 15 is 0 Å². The van der Waals surface area contributed by atoms with Crippen molar-refractivity contribution >= 4 is 11.9 Å². The van der Waals surface area contributed by atoms with Gasteiger partial charge in [-0.2, -0.15) is 10.4 Å². The average molecular weight is 256 g/mol. The lowest BCUT2D eigenvalue weighted by Crippen LogP contribution is -2.12. The molecule has 0 saturated heterocycles. The first-order chi connectivity index (χ1) is 9.02. The molecule has 0 bridgehead atoms. The van der Waals surface area contributed by atoms with Crippen LogP contribution in [0.2, 0.25) is 0 Å². The number of carbonyl (C=O) groups excluding carboxylic acids is 1. The van der Waals surface area contributed by atoms with Gasteiger partial charge in [0.25, 0.3) is 5.91 Å². The number of aromatic carboxylic acids is 1. The maximum absolute atomic E-state index is 10.9. The Morgan fingerprint density at radius 3 is 2.63 bits per heavy atom. The number of carboxylic acids is 1. The summed E-state index contributed by atoms with van der Waals surface area (Å²) in [5.41, 5.74) is 5.66. The number of carbonyl (C=O) groups is 2. The number of nitrogens with two attached hydrogens (primary N) is 1. The molecule has 94 valence electrons. The quantitative estimate of drug-likeness (QED) is 0.829. The van der Waals surface area contributed by atoms with Crippen molar-refractivity contribution < 1.29 is 14.7 Å². The molecule has 0 spiro atoms. The Labute approximate surface area is 107 Å². The molecule has 0 aliphatic heterocycles. The molecule has 19 heavy (non-hydrogen) atoms. The summed E-state index contributed by atoms with van der Waals surface area (Å²) in [5.74, 6) is -1.80. The maximum Gasteiger partial charge on any atom is 0.335 e. The van der Waals surface area contributed by atoms with Crippen molar-refractivity contribution in [3.63, 3.8) is 0 Å². The predicted molar refractivity (Wildman–Crippen MR) is 63.8 cm³/mol. The lowest BCUT2D eigenvalue weighted by molar-refractivity contribution is 0.0696. The van der Waals surface area contributed by atoms with Gasteiger partial charge in [0.1, 0.15) is 11.8 Å². The third kappa shape index (κ3) is 2.28. The summed E-state index contributed by atoms with van der Waals surface area (Å²) in [4.78, 5) is 21.8. The van der Waals surface area contributed by atoms with Crippen molar-refractivity contribution in [1.29, 1.82) is 5.26 Å². The van der Waals surface area contributed by atoms with Crippen molar-refractivity contribution in [2.75, 3.05) is 0 Å². The largest absolute Gasteiger partial charge is 0.478 e. The Morgan fingerprint density at radius 2 is 2.11 bits per heavy atom. The number of nitriles is 1. The maximum atomic E-state index is 10.9. The minimum atomic E-state index is -1.12. The first-order valence-electron chi connectivity index (χ1n) is 5.16. The van der Waals surface area contributed by atoms with Gasteiger partial charge in [0.15, 0.2) is 0 Å². The van der Waals surface area contributed by atoms with E-state index in [0.29, 0.717) is 5.69 Å². The number of benzene rings is 1. The third-order valence-electron chi connectivity index (χ3n) is 2.45. The standard InChI is InChI=1S/C12H8N4O3/c13-6-8-5-7(12(18)19)1-2-10(8)16-4-3-9(15-16)11(14)17/h1-5H,(H2,14,17)(H,18,19).